The number of guanidine groups is 1. The first kappa shape index (κ1) is 16.1. The lowest BCUT2D eigenvalue weighted by Crippen LogP contribution is -2.41. The summed E-state index contributed by atoms with van der Waals surface area (Å²) < 4.78 is 0. The van der Waals surface area contributed by atoms with Crippen LogP contribution in [0.4, 0.5) is 0 Å². The third kappa shape index (κ3) is 5.56. The zero-order valence-electron chi connectivity index (χ0n) is 12.9. The average molecular weight is 309 g/mol. The van der Waals surface area contributed by atoms with Crippen LogP contribution in [0.2, 0.25) is 5.02 Å². The number of likely N-dealkylation sites (N-methyl/N-ethyl adjacent to an activating group) is 1. The van der Waals surface area contributed by atoms with Gasteiger partial charge in [-0.15, -0.1) is 0 Å². The SMILES string of the molecule is CCN(CCNC(=NC)NCc1ccc(Cl)cc1)C1CC1. The van der Waals surface area contributed by atoms with Crippen molar-refractivity contribution in [3.63, 3.8) is 0 Å². The van der Waals surface area contributed by atoms with Gasteiger partial charge in [0.05, 0.1) is 0 Å². The van der Waals surface area contributed by atoms with Gasteiger partial charge in [0.2, 0.25) is 0 Å². The summed E-state index contributed by atoms with van der Waals surface area (Å²) in [6.45, 7) is 6.10. The van der Waals surface area contributed by atoms with Gasteiger partial charge in [0.25, 0.3) is 0 Å². The molecule has 0 bridgehead atoms. The van der Waals surface area contributed by atoms with E-state index in [2.05, 4.69) is 27.4 Å². The van der Waals surface area contributed by atoms with E-state index in [1.165, 1.54) is 18.4 Å². The number of hydrogen-bond acceptors (Lipinski definition) is 2. The highest BCUT2D eigenvalue weighted by Crippen LogP contribution is 2.25. The van der Waals surface area contributed by atoms with Crippen molar-refractivity contribution >= 4 is 17.6 Å². The molecule has 21 heavy (non-hydrogen) atoms. The lowest BCUT2D eigenvalue weighted by Gasteiger charge is -2.20. The Morgan fingerprint density at radius 3 is 2.57 bits per heavy atom. The molecule has 0 radical (unpaired) electrons. The van der Waals surface area contributed by atoms with E-state index in [-0.39, 0.29) is 0 Å². The van der Waals surface area contributed by atoms with Gasteiger partial charge in [-0.25, -0.2) is 0 Å². The number of rotatable bonds is 7. The second kappa shape index (κ2) is 8.25. The van der Waals surface area contributed by atoms with Crippen molar-refractivity contribution in [2.24, 2.45) is 4.99 Å². The predicted molar refractivity (Wildman–Crippen MR) is 89.9 cm³/mol. The number of benzene rings is 1. The van der Waals surface area contributed by atoms with E-state index < -0.39 is 0 Å². The molecule has 1 saturated carbocycles. The van der Waals surface area contributed by atoms with Gasteiger partial charge in [-0.1, -0.05) is 30.7 Å². The fourth-order valence-corrected chi connectivity index (χ4v) is 2.49. The molecule has 116 valence electrons. The van der Waals surface area contributed by atoms with Gasteiger partial charge >= 0.3 is 0 Å². The van der Waals surface area contributed by atoms with Crippen LogP contribution < -0.4 is 10.6 Å². The molecule has 0 aliphatic heterocycles. The molecule has 0 saturated heterocycles. The number of hydrogen-bond donors (Lipinski definition) is 2. The lowest BCUT2D eigenvalue weighted by atomic mass is 10.2. The standard InChI is InChI=1S/C16H25ClN4/c1-3-21(15-8-9-15)11-10-19-16(18-2)20-12-13-4-6-14(17)7-5-13/h4-7,15H,3,8-12H2,1-2H3,(H2,18,19,20). The average Bonchev–Trinajstić information content (AvgIpc) is 3.33. The van der Waals surface area contributed by atoms with Crippen LogP contribution in [0.25, 0.3) is 0 Å². The summed E-state index contributed by atoms with van der Waals surface area (Å²) in [5, 5.41) is 7.45. The van der Waals surface area contributed by atoms with Gasteiger partial charge in [0.1, 0.15) is 0 Å². The van der Waals surface area contributed by atoms with Crippen LogP contribution in [-0.2, 0) is 6.54 Å². The van der Waals surface area contributed by atoms with Crippen molar-refractivity contribution in [1.29, 1.82) is 0 Å². The summed E-state index contributed by atoms with van der Waals surface area (Å²) in [5.41, 5.74) is 1.19. The Bertz CT molecular complexity index is 454. The van der Waals surface area contributed by atoms with Crippen molar-refractivity contribution < 1.29 is 0 Å². The maximum Gasteiger partial charge on any atom is 0.191 e. The first-order chi connectivity index (χ1) is 10.2. The molecule has 2 N–H and O–H groups in total. The summed E-state index contributed by atoms with van der Waals surface area (Å²) in [6, 6.07) is 8.68. The van der Waals surface area contributed by atoms with E-state index in [9.17, 15) is 0 Å². The van der Waals surface area contributed by atoms with Crippen LogP contribution in [0, 0.1) is 0 Å². The Hall–Kier alpha value is -1.26. The summed E-state index contributed by atoms with van der Waals surface area (Å²) >= 11 is 5.88. The van der Waals surface area contributed by atoms with E-state index in [1.807, 2.05) is 24.3 Å². The minimum Gasteiger partial charge on any atom is -0.355 e. The second-order valence-electron chi connectivity index (χ2n) is 5.34. The largest absolute Gasteiger partial charge is 0.355 e. The molecule has 0 heterocycles. The quantitative estimate of drug-likeness (QED) is 0.600. The van der Waals surface area contributed by atoms with E-state index >= 15 is 0 Å². The Labute approximate surface area is 132 Å². The van der Waals surface area contributed by atoms with Gasteiger partial charge in [-0.3, -0.25) is 9.89 Å². The molecule has 2 rings (SSSR count). The third-order valence-electron chi connectivity index (χ3n) is 3.76. The molecule has 0 unspecified atom stereocenters. The van der Waals surface area contributed by atoms with Crippen LogP contribution in [0.5, 0.6) is 0 Å². The van der Waals surface area contributed by atoms with E-state index in [0.29, 0.717) is 0 Å². The summed E-state index contributed by atoms with van der Waals surface area (Å²) in [7, 11) is 1.80. The summed E-state index contributed by atoms with van der Waals surface area (Å²) in [4.78, 5) is 6.78. The molecule has 5 heteroatoms. The number of nitrogens with zero attached hydrogens (tertiary/aromatic N) is 2. The van der Waals surface area contributed by atoms with Gasteiger partial charge in [0, 0.05) is 37.7 Å². The van der Waals surface area contributed by atoms with Crippen molar-refractivity contribution in [2.45, 2.75) is 32.4 Å². The zero-order chi connectivity index (χ0) is 15.1. The summed E-state index contributed by atoms with van der Waals surface area (Å²) in [5.74, 6) is 0.844. The first-order valence-corrected chi connectivity index (χ1v) is 8.03. The van der Waals surface area contributed by atoms with Gasteiger partial charge < -0.3 is 10.6 Å². The van der Waals surface area contributed by atoms with Crippen LogP contribution in [0.15, 0.2) is 29.3 Å². The highest BCUT2D eigenvalue weighted by molar-refractivity contribution is 6.30. The van der Waals surface area contributed by atoms with Crippen molar-refractivity contribution in [1.82, 2.24) is 15.5 Å². The number of halogens is 1. The maximum atomic E-state index is 5.88. The highest BCUT2D eigenvalue weighted by Gasteiger charge is 2.27. The first-order valence-electron chi connectivity index (χ1n) is 7.66. The third-order valence-corrected chi connectivity index (χ3v) is 4.01. The molecule has 1 fully saturated rings. The minimum absolute atomic E-state index is 0.747. The van der Waals surface area contributed by atoms with Crippen molar-refractivity contribution in [3.05, 3.63) is 34.9 Å². The van der Waals surface area contributed by atoms with Crippen LogP contribution >= 0.6 is 11.6 Å². The monoisotopic (exact) mass is 308 g/mol. The maximum absolute atomic E-state index is 5.88. The Kier molecular flexibility index (Phi) is 6.33. The normalized spacial score (nSPS) is 15.3. The Balaban J connectivity index is 1.69. The Morgan fingerprint density at radius 1 is 1.29 bits per heavy atom. The van der Waals surface area contributed by atoms with Crippen LogP contribution in [0.1, 0.15) is 25.3 Å². The minimum atomic E-state index is 0.747. The van der Waals surface area contributed by atoms with E-state index in [4.69, 9.17) is 11.6 Å². The molecular weight excluding hydrogens is 284 g/mol. The van der Waals surface area contributed by atoms with Gasteiger partial charge in [-0.05, 0) is 37.1 Å². The molecule has 1 aliphatic carbocycles. The number of nitrogens with one attached hydrogen (secondary N) is 2. The predicted octanol–water partition coefficient (Wildman–Crippen LogP) is 2.49. The highest BCUT2D eigenvalue weighted by atomic mass is 35.5. The smallest absolute Gasteiger partial charge is 0.191 e. The van der Waals surface area contributed by atoms with Crippen LogP contribution in [0.3, 0.4) is 0 Å². The van der Waals surface area contributed by atoms with Gasteiger partial charge in [-0.2, -0.15) is 0 Å². The number of aliphatic imine (C=N–C) groups is 1. The van der Waals surface area contributed by atoms with Crippen molar-refractivity contribution in [2.75, 3.05) is 26.7 Å². The molecule has 1 aromatic carbocycles. The fourth-order valence-electron chi connectivity index (χ4n) is 2.37. The fraction of sp³-hybridized carbons (Fsp3) is 0.562. The molecule has 0 aromatic heterocycles. The molecule has 0 spiro atoms. The molecule has 0 amide bonds. The summed E-state index contributed by atoms with van der Waals surface area (Å²) in [6.07, 6.45) is 2.72. The van der Waals surface area contributed by atoms with Gasteiger partial charge in [0.15, 0.2) is 5.96 Å². The van der Waals surface area contributed by atoms with E-state index in [1.54, 1.807) is 7.05 Å². The lowest BCUT2D eigenvalue weighted by molar-refractivity contribution is 0.282. The molecule has 1 aliphatic rings. The van der Waals surface area contributed by atoms with Crippen molar-refractivity contribution in [3.8, 4) is 0 Å². The Morgan fingerprint density at radius 2 is 2.00 bits per heavy atom. The zero-order valence-corrected chi connectivity index (χ0v) is 13.7. The van der Waals surface area contributed by atoms with Crippen LogP contribution in [-0.4, -0.2) is 43.6 Å². The van der Waals surface area contributed by atoms with E-state index in [0.717, 1.165) is 43.2 Å². The topological polar surface area (TPSA) is 39.7 Å². The second-order valence-corrected chi connectivity index (χ2v) is 5.78. The molecule has 4 nitrogen and oxygen atoms in total. The molecular formula is C16H25ClN4. The molecule has 1 aromatic rings. The molecule has 0 atom stereocenters.